The number of nitrogens with zero attached hydrogens (tertiary/aromatic N) is 3. The van der Waals surface area contributed by atoms with Crippen LogP contribution in [0, 0.1) is 0 Å². The van der Waals surface area contributed by atoms with Crippen LogP contribution in [0.2, 0.25) is 15.1 Å². The maximum atomic E-state index is 13.7. The monoisotopic (exact) mass is 680 g/mol. The smallest absolute Gasteiger partial charge is 0.289 e. The molecule has 1 aromatic heterocycles. The van der Waals surface area contributed by atoms with Crippen molar-refractivity contribution in [2.45, 2.75) is 50.1 Å². The lowest BCUT2D eigenvalue weighted by molar-refractivity contribution is 0.0511. The number of piperidine rings is 1. The number of carbonyl (C=O) groups excluding carboxylic acids is 3. The molecule has 3 aromatic rings. The second-order valence-corrected chi connectivity index (χ2v) is 14.1. The van der Waals surface area contributed by atoms with E-state index in [2.05, 4.69) is 5.32 Å². The van der Waals surface area contributed by atoms with Gasteiger partial charge in [-0.05, 0) is 75.6 Å². The van der Waals surface area contributed by atoms with E-state index in [1.807, 2.05) is 13.8 Å². The lowest BCUT2D eigenvalue weighted by Crippen LogP contribution is -2.50. The van der Waals surface area contributed by atoms with Crippen LogP contribution in [-0.2, 0) is 10.0 Å². The van der Waals surface area contributed by atoms with Crippen molar-refractivity contribution in [3.63, 3.8) is 0 Å². The van der Waals surface area contributed by atoms with Crippen molar-refractivity contribution in [1.82, 2.24) is 14.1 Å². The van der Waals surface area contributed by atoms with Crippen LogP contribution in [0.25, 0.3) is 0 Å². The van der Waals surface area contributed by atoms with Gasteiger partial charge in [0.25, 0.3) is 17.7 Å². The van der Waals surface area contributed by atoms with E-state index in [4.69, 9.17) is 39.2 Å². The number of likely N-dealkylation sites (tertiary alicyclic amines) is 1. The molecule has 2 fully saturated rings. The highest BCUT2D eigenvalue weighted by Gasteiger charge is 2.34. The first-order valence-corrected chi connectivity index (χ1v) is 16.7. The first kappa shape index (κ1) is 32.3. The average molecular weight is 682 g/mol. The summed E-state index contributed by atoms with van der Waals surface area (Å²) in [5, 5.41) is 2.82. The lowest BCUT2D eigenvalue weighted by atomic mass is 9.96. The van der Waals surface area contributed by atoms with Crippen LogP contribution < -0.4 is 5.32 Å². The molecule has 2 aromatic carbocycles. The van der Waals surface area contributed by atoms with Gasteiger partial charge >= 0.3 is 0 Å². The molecule has 0 saturated carbocycles. The third-order valence-corrected chi connectivity index (χ3v) is 10.9. The van der Waals surface area contributed by atoms with E-state index >= 15 is 0 Å². The van der Waals surface area contributed by atoms with Crippen molar-refractivity contribution in [2.24, 2.45) is 0 Å². The highest BCUT2D eigenvalue weighted by Crippen LogP contribution is 2.33. The van der Waals surface area contributed by atoms with Gasteiger partial charge in [0.15, 0.2) is 5.76 Å². The van der Waals surface area contributed by atoms with E-state index in [1.54, 1.807) is 23.1 Å². The fourth-order valence-electron chi connectivity index (χ4n) is 5.68. The first-order chi connectivity index (χ1) is 20.9. The summed E-state index contributed by atoms with van der Waals surface area (Å²) >= 11 is 19.0. The van der Waals surface area contributed by atoms with Crippen LogP contribution in [0.15, 0.2) is 58.0 Å². The molecule has 44 heavy (non-hydrogen) atoms. The maximum Gasteiger partial charge on any atom is 0.289 e. The van der Waals surface area contributed by atoms with Gasteiger partial charge in [-0.25, -0.2) is 8.42 Å². The third-order valence-electron chi connectivity index (χ3n) is 8.03. The van der Waals surface area contributed by atoms with Crippen molar-refractivity contribution in [1.29, 1.82) is 0 Å². The van der Waals surface area contributed by atoms with Crippen molar-refractivity contribution in [3.8, 4) is 0 Å². The molecule has 2 saturated heterocycles. The lowest BCUT2D eigenvalue weighted by Gasteiger charge is -2.39. The quantitative estimate of drug-likeness (QED) is 0.339. The summed E-state index contributed by atoms with van der Waals surface area (Å²) in [6, 6.07) is 10.1. The van der Waals surface area contributed by atoms with E-state index in [0.29, 0.717) is 5.02 Å². The zero-order valence-electron chi connectivity index (χ0n) is 24.1. The molecule has 234 valence electrons. The average Bonchev–Trinajstić information content (AvgIpc) is 3.52. The molecule has 3 amide bonds. The largest absolute Gasteiger partial charge is 0.459 e. The number of nitrogens with one attached hydrogen (secondary N) is 1. The predicted octanol–water partition coefficient (Wildman–Crippen LogP) is 6.04. The Balaban J connectivity index is 1.37. The SMILES string of the molecule is CC1CCCC(C)N1C(=O)c1cc(Cl)ccc1NC(=O)c1cc(S(=O)(=O)N2CCN(C(=O)c3ccco3)CC2)c(Cl)cc1Cl. The zero-order chi connectivity index (χ0) is 31.8. The molecule has 0 radical (unpaired) electrons. The van der Waals surface area contributed by atoms with Crippen molar-refractivity contribution in [2.75, 3.05) is 31.5 Å². The molecule has 0 spiro atoms. The molecule has 2 unspecified atom stereocenters. The first-order valence-electron chi connectivity index (χ1n) is 14.1. The summed E-state index contributed by atoms with van der Waals surface area (Å²) in [6.07, 6.45) is 4.15. The third kappa shape index (κ3) is 6.48. The van der Waals surface area contributed by atoms with E-state index < -0.39 is 15.9 Å². The van der Waals surface area contributed by atoms with Crippen LogP contribution in [0.5, 0.6) is 0 Å². The Morgan fingerprint density at radius 3 is 2.18 bits per heavy atom. The van der Waals surface area contributed by atoms with E-state index in [0.717, 1.165) is 25.3 Å². The molecule has 0 aliphatic carbocycles. The van der Waals surface area contributed by atoms with Gasteiger partial charge in [-0.2, -0.15) is 4.31 Å². The summed E-state index contributed by atoms with van der Waals surface area (Å²) in [5.41, 5.74) is 0.280. The van der Waals surface area contributed by atoms with Crippen LogP contribution in [0.3, 0.4) is 0 Å². The minimum absolute atomic E-state index is 0.0115. The molecular formula is C30H31Cl3N4O6S. The Morgan fingerprint density at radius 2 is 1.55 bits per heavy atom. The second-order valence-electron chi connectivity index (χ2n) is 10.9. The van der Waals surface area contributed by atoms with Gasteiger partial charge in [0.2, 0.25) is 10.0 Å². The number of piperazine rings is 1. The fourth-order valence-corrected chi connectivity index (χ4v) is 8.11. The topological polar surface area (TPSA) is 120 Å². The van der Waals surface area contributed by atoms with Gasteiger partial charge in [0.05, 0.1) is 33.1 Å². The molecule has 3 heterocycles. The predicted molar refractivity (Wildman–Crippen MR) is 168 cm³/mol. The number of anilines is 1. The zero-order valence-corrected chi connectivity index (χ0v) is 27.1. The molecule has 1 N–H and O–H groups in total. The van der Waals surface area contributed by atoms with E-state index in [9.17, 15) is 22.8 Å². The molecule has 14 heteroatoms. The Morgan fingerprint density at radius 1 is 0.864 bits per heavy atom. The number of halogens is 3. The van der Waals surface area contributed by atoms with Gasteiger partial charge in [0.1, 0.15) is 4.90 Å². The summed E-state index contributed by atoms with van der Waals surface area (Å²) in [5.74, 6) is -1.16. The number of rotatable bonds is 6. The molecule has 2 aliphatic rings. The maximum absolute atomic E-state index is 13.7. The summed E-state index contributed by atoms with van der Waals surface area (Å²) in [6.45, 7) is 4.28. The number of furan rings is 1. The van der Waals surface area contributed by atoms with Crippen molar-refractivity contribution < 1.29 is 27.2 Å². The van der Waals surface area contributed by atoms with Gasteiger partial charge < -0.3 is 19.5 Å². The van der Waals surface area contributed by atoms with Crippen LogP contribution >= 0.6 is 34.8 Å². The molecular weight excluding hydrogens is 651 g/mol. The van der Waals surface area contributed by atoms with Gasteiger partial charge in [-0.3, -0.25) is 14.4 Å². The standard InChI is InChI=1S/C30H31Cl3N4O6S/c1-18-5-3-6-19(2)37(18)29(39)22-15-20(31)8-9-25(22)34-28(38)21-16-27(24(33)17-23(21)32)44(41,42)36-12-10-35(11-13-36)30(40)26-7-4-14-43-26/h4,7-9,14-19H,3,5-6,10-13H2,1-2H3,(H,34,38). The second kappa shape index (κ2) is 13.1. The Bertz CT molecular complexity index is 1680. The van der Waals surface area contributed by atoms with Gasteiger partial charge in [-0.1, -0.05) is 34.8 Å². The Hall–Kier alpha value is -3.09. The number of carbonyl (C=O) groups is 3. The minimum atomic E-state index is -4.17. The van der Waals surface area contributed by atoms with Gasteiger partial charge in [-0.15, -0.1) is 0 Å². The highest BCUT2D eigenvalue weighted by molar-refractivity contribution is 7.89. The number of amides is 3. The molecule has 10 nitrogen and oxygen atoms in total. The Labute approximate surface area is 270 Å². The summed E-state index contributed by atoms with van der Waals surface area (Å²) in [4.78, 5) is 42.8. The van der Waals surface area contributed by atoms with Crippen molar-refractivity contribution >= 4 is 68.2 Å². The number of hydrogen-bond acceptors (Lipinski definition) is 6. The Kier molecular flexibility index (Phi) is 9.62. The van der Waals surface area contributed by atoms with Crippen molar-refractivity contribution in [3.05, 3.63) is 80.7 Å². The highest BCUT2D eigenvalue weighted by atomic mass is 35.5. The van der Waals surface area contributed by atoms with Gasteiger partial charge in [0, 0.05) is 43.3 Å². The molecule has 0 bridgehead atoms. The summed E-state index contributed by atoms with van der Waals surface area (Å²) < 4.78 is 33.7. The molecule has 2 aliphatic heterocycles. The molecule has 2 atom stereocenters. The summed E-state index contributed by atoms with van der Waals surface area (Å²) in [7, 11) is -4.17. The minimum Gasteiger partial charge on any atom is -0.459 e. The number of sulfonamides is 1. The normalized spacial score (nSPS) is 19.6. The number of benzene rings is 2. The van der Waals surface area contributed by atoms with Crippen LogP contribution in [-0.4, -0.2) is 78.5 Å². The van der Waals surface area contributed by atoms with Crippen LogP contribution in [0.1, 0.15) is 64.4 Å². The fraction of sp³-hybridized carbons (Fsp3) is 0.367. The van der Waals surface area contributed by atoms with E-state index in [1.165, 1.54) is 33.7 Å². The van der Waals surface area contributed by atoms with E-state index in [-0.39, 0.29) is 87.6 Å². The number of hydrogen-bond donors (Lipinski definition) is 1. The van der Waals surface area contributed by atoms with Crippen LogP contribution in [0.4, 0.5) is 5.69 Å². The molecule has 5 rings (SSSR count).